The molecule has 0 amide bonds. The second kappa shape index (κ2) is 13.4. The molecule has 0 radical (unpaired) electrons. The number of hydrogen-bond acceptors (Lipinski definition) is 9. The molecule has 0 unspecified atom stereocenters. The minimum atomic E-state index is -0.254. The van der Waals surface area contributed by atoms with E-state index in [0.29, 0.717) is 46.1 Å². The summed E-state index contributed by atoms with van der Waals surface area (Å²) in [5, 5.41) is 18.3. The van der Waals surface area contributed by atoms with Crippen LogP contribution in [0.15, 0.2) is 76.4 Å². The van der Waals surface area contributed by atoms with Gasteiger partial charge >= 0.3 is 0 Å². The van der Waals surface area contributed by atoms with E-state index in [1.807, 2.05) is 56.6 Å². The zero-order chi connectivity index (χ0) is 32.4. The van der Waals surface area contributed by atoms with E-state index < -0.39 is 0 Å². The second-order valence-electron chi connectivity index (χ2n) is 12.7. The molecule has 2 N–H and O–H groups in total. The fourth-order valence-electron chi connectivity index (χ4n) is 6.64. The number of nitrogens with zero attached hydrogens (tertiary/aromatic N) is 7. The van der Waals surface area contributed by atoms with Gasteiger partial charge in [-0.15, -0.1) is 0 Å². The summed E-state index contributed by atoms with van der Waals surface area (Å²) in [5.74, 6) is 1.23. The summed E-state index contributed by atoms with van der Waals surface area (Å²) >= 11 is 0. The molecule has 1 aliphatic carbocycles. The monoisotopic (exact) mass is 621 g/mol. The van der Waals surface area contributed by atoms with Crippen molar-refractivity contribution < 1.29 is 0 Å². The Hall–Kier alpha value is -4.61. The number of hydrogen-bond donors (Lipinski definition) is 2. The normalized spacial score (nSPS) is 17.5. The fourth-order valence-corrected chi connectivity index (χ4v) is 6.64. The largest absolute Gasteiger partial charge is 0.365 e. The number of fused-ring (bicyclic) bond motifs is 2. The number of nitrogens with one attached hydrogen (secondary N) is 2. The summed E-state index contributed by atoms with van der Waals surface area (Å²) in [6.45, 7) is 0.747. The van der Waals surface area contributed by atoms with Gasteiger partial charge in [0.25, 0.3) is 11.1 Å². The molecule has 0 saturated heterocycles. The SMILES string of the molecule is CN(C)[C@@H]1CCCC[C@@H]1Nc1nn(Cc2cnc3c(NC[C@@H](c4ccccc4)N(C)C)nn(C)c(=O)c3c2)c(=O)c2ccccc12. The smallest absolute Gasteiger partial charge is 0.276 e. The van der Waals surface area contributed by atoms with Gasteiger partial charge in [0, 0.05) is 37.3 Å². The molecule has 0 spiro atoms. The van der Waals surface area contributed by atoms with Gasteiger partial charge in [-0.25, -0.2) is 9.36 Å². The van der Waals surface area contributed by atoms with Gasteiger partial charge in [0.2, 0.25) is 0 Å². The summed E-state index contributed by atoms with van der Waals surface area (Å²) in [5.41, 5.74) is 1.93. The zero-order valence-corrected chi connectivity index (χ0v) is 27.3. The highest BCUT2D eigenvalue weighted by molar-refractivity contribution is 5.91. The number of likely N-dealkylation sites (N-methyl/N-ethyl adjacent to an activating group) is 2. The Morgan fingerprint density at radius 3 is 2.33 bits per heavy atom. The summed E-state index contributed by atoms with van der Waals surface area (Å²) in [6.07, 6.45) is 6.23. The van der Waals surface area contributed by atoms with E-state index in [0.717, 1.165) is 24.6 Å². The standard InChI is InChI=1S/C35H43N9O2/c1-41(2)29-18-12-11-17-28(29)38-32-25-15-9-10-16-26(25)35(46)44(40-32)22-23-19-27-31(36-20-23)33(39-43(5)34(27)45)37-21-30(42(3)4)24-13-7-6-8-14-24/h6-10,13-16,19-20,28-30H,11-12,17-18,21-22H2,1-5H3,(H,37,39)(H,38,40)/t28-,29+,30-/m0/s1. The molecule has 6 rings (SSSR count). The van der Waals surface area contributed by atoms with Crippen LogP contribution in [0.25, 0.3) is 21.7 Å². The van der Waals surface area contributed by atoms with Crippen LogP contribution >= 0.6 is 0 Å². The Morgan fingerprint density at radius 1 is 0.870 bits per heavy atom. The van der Waals surface area contributed by atoms with Crippen LogP contribution in [-0.2, 0) is 13.6 Å². The zero-order valence-electron chi connectivity index (χ0n) is 27.3. The van der Waals surface area contributed by atoms with Crippen molar-refractivity contribution in [3.8, 4) is 0 Å². The lowest BCUT2D eigenvalue weighted by Gasteiger charge is -2.37. The minimum absolute atomic E-state index is 0.0878. The van der Waals surface area contributed by atoms with Crippen LogP contribution in [0.4, 0.5) is 11.6 Å². The third kappa shape index (κ3) is 6.38. The van der Waals surface area contributed by atoms with Crippen LogP contribution in [0.5, 0.6) is 0 Å². The molecule has 11 nitrogen and oxygen atoms in total. The van der Waals surface area contributed by atoms with E-state index in [1.54, 1.807) is 19.3 Å². The first-order valence-electron chi connectivity index (χ1n) is 15.9. The van der Waals surface area contributed by atoms with Gasteiger partial charge in [0.15, 0.2) is 11.6 Å². The average Bonchev–Trinajstić information content (AvgIpc) is 3.06. The quantitative estimate of drug-likeness (QED) is 0.238. The molecular formula is C35H43N9O2. The van der Waals surface area contributed by atoms with Gasteiger partial charge in [0.1, 0.15) is 5.52 Å². The van der Waals surface area contributed by atoms with Crippen LogP contribution in [0.2, 0.25) is 0 Å². The highest BCUT2D eigenvalue weighted by Gasteiger charge is 2.28. The maximum Gasteiger partial charge on any atom is 0.276 e. The highest BCUT2D eigenvalue weighted by atomic mass is 16.1. The molecule has 1 aliphatic rings. The predicted octanol–water partition coefficient (Wildman–Crippen LogP) is 4.09. The molecule has 1 saturated carbocycles. The first-order chi connectivity index (χ1) is 22.2. The van der Waals surface area contributed by atoms with Crippen LogP contribution in [-0.4, -0.2) is 81.2 Å². The van der Waals surface area contributed by atoms with Crippen LogP contribution in [0.1, 0.15) is 42.9 Å². The number of aryl methyl sites for hydroxylation is 1. The van der Waals surface area contributed by atoms with Gasteiger partial charge in [-0.2, -0.15) is 10.2 Å². The molecule has 3 atom stereocenters. The summed E-state index contributed by atoms with van der Waals surface area (Å²) < 4.78 is 2.81. The van der Waals surface area contributed by atoms with Crippen molar-refractivity contribution in [2.45, 2.75) is 50.4 Å². The third-order valence-corrected chi connectivity index (χ3v) is 9.13. The highest BCUT2D eigenvalue weighted by Crippen LogP contribution is 2.27. The van der Waals surface area contributed by atoms with Gasteiger partial charge < -0.3 is 20.4 Å². The fraction of sp³-hybridized carbons (Fsp3) is 0.400. The van der Waals surface area contributed by atoms with Crippen molar-refractivity contribution in [3.63, 3.8) is 0 Å². The predicted molar refractivity (Wildman–Crippen MR) is 185 cm³/mol. The van der Waals surface area contributed by atoms with Crippen molar-refractivity contribution >= 4 is 33.3 Å². The summed E-state index contributed by atoms with van der Waals surface area (Å²) in [4.78, 5) is 36.1. The molecule has 1 fully saturated rings. The number of aromatic nitrogens is 5. The topological polar surface area (TPSA) is 113 Å². The first kappa shape index (κ1) is 31.4. The van der Waals surface area contributed by atoms with Gasteiger partial charge in [-0.05, 0) is 64.3 Å². The minimum Gasteiger partial charge on any atom is -0.365 e. The molecule has 3 heterocycles. The van der Waals surface area contributed by atoms with Crippen molar-refractivity contribution in [2.24, 2.45) is 7.05 Å². The van der Waals surface area contributed by atoms with Crippen LogP contribution < -0.4 is 21.8 Å². The molecular weight excluding hydrogens is 578 g/mol. The molecule has 11 heteroatoms. The number of benzene rings is 2. The molecule has 5 aromatic rings. The molecule has 2 aromatic carbocycles. The van der Waals surface area contributed by atoms with E-state index in [4.69, 9.17) is 10.1 Å². The Bertz CT molecular complexity index is 1950. The van der Waals surface area contributed by atoms with Crippen molar-refractivity contribution in [2.75, 3.05) is 45.4 Å². The second-order valence-corrected chi connectivity index (χ2v) is 12.7. The maximum atomic E-state index is 13.7. The van der Waals surface area contributed by atoms with E-state index in [1.165, 1.54) is 21.3 Å². The lowest BCUT2D eigenvalue weighted by molar-refractivity contribution is 0.211. The maximum absolute atomic E-state index is 13.7. The molecule has 3 aromatic heterocycles. The Kier molecular flexibility index (Phi) is 9.14. The Labute approximate surface area is 268 Å². The summed E-state index contributed by atoms with van der Waals surface area (Å²) in [7, 11) is 9.95. The Morgan fingerprint density at radius 2 is 1.59 bits per heavy atom. The van der Waals surface area contributed by atoms with Crippen molar-refractivity contribution in [1.29, 1.82) is 0 Å². The number of pyridine rings is 1. The van der Waals surface area contributed by atoms with Crippen LogP contribution in [0, 0.1) is 0 Å². The van der Waals surface area contributed by atoms with Gasteiger partial charge in [-0.3, -0.25) is 14.6 Å². The molecule has 0 bridgehead atoms. The first-order valence-corrected chi connectivity index (χ1v) is 15.9. The molecule has 240 valence electrons. The van der Waals surface area contributed by atoms with Crippen LogP contribution in [0.3, 0.4) is 0 Å². The lowest BCUT2D eigenvalue weighted by atomic mass is 9.89. The Balaban J connectivity index is 1.33. The van der Waals surface area contributed by atoms with E-state index in [-0.39, 0.29) is 29.7 Å². The van der Waals surface area contributed by atoms with Gasteiger partial charge in [0.05, 0.1) is 23.4 Å². The van der Waals surface area contributed by atoms with E-state index in [9.17, 15) is 9.59 Å². The van der Waals surface area contributed by atoms with Crippen molar-refractivity contribution in [1.82, 2.24) is 34.3 Å². The molecule has 0 aliphatic heterocycles. The lowest BCUT2D eigenvalue weighted by Crippen LogP contribution is -2.45. The van der Waals surface area contributed by atoms with E-state index >= 15 is 0 Å². The number of rotatable bonds is 10. The van der Waals surface area contributed by atoms with Crippen molar-refractivity contribution in [3.05, 3.63) is 98.7 Å². The van der Waals surface area contributed by atoms with E-state index in [2.05, 4.69) is 51.8 Å². The van der Waals surface area contributed by atoms with Gasteiger partial charge in [-0.1, -0.05) is 61.4 Å². The average molecular weight is 622 g/mol. The molecule has 46 heavy (non-hydrogen) atoms. The summed E-state index contributed by atoms with van der Waals surface area (Å²) in [6, 6.07) is 20.4. The number of anilines is 2. The third-order valence-electron chi connectivity index (χ3n) is 9.13.